The van der Waals surface area contributed by atoms with Crippen LogP contribution in [0.2, 0.25) is 0 Å². The summed E-state index contributed by atoms with van der Waals surface area (Å²) in [4.78, 5) is 15.6. The zero-order valence-corrected chi connectivity index (χ0v) is 31.9. The Morgan fingerprint density at radius 3 is 1.98 bits per heavy atom. The van der Waals surface area contributed by atoms with Gasteiger partial charge in [0.1, 0.15) is 22.8 Å². The molecule has 1 aliphatic heterocycles. The SMILES string of the molecule is c1ccc(C2=NC(c3ccc(-c4ccc5c(c4)oc4ccc6c(-c7ccccc7)nc7ccccc7c6c45)cc3)N=C(c3cccc4sc5ccccc5c34)N2)cc1. The summed E-state index contributed by atoms with van der Waals surface area (Å²) in [6, 6.07) is 63.7. The van der Waals surface area contributed by atoms with Crippen molar-refractivity contribution in [3.05, 3.63) is 199 Å². The molecule has 0 aliphatic carbocycles. The van der Waals surface area contributed by atoms with Gasteiger partial charge in [-0.3, -0.25) is 0 Å². The van der Waals surface area contributed by atoms with Crippen molar-refractivity contribution in [2.24, 2.45) is 9.98 Å². The Bertz CT molecular complexity index is 3470. The summed E-state index contributed by atoms with van der Waals surface area (Å²) >= 11 is 1.81. The molecule has 12 rings (SSSR count). The highest BCUT2D eigenvalue weighted by Gasteiger charge is 2.23. The van der Waals surface area contributed by atoms with Gasteiger partial charge in [0.15, 0.2) is 6.17 Å². The smallest absolute Gasteiger partial charge is 0.169 e. The highest BCUT2D eigenvalue weighted by molar-refractivity contribution is 7.25. The second-order valence-electron chi connectivity index (χ2n) is 14.7. The van der Waals surface area contributed by atoms with Crippen molar-refractivity contribution < 1.29 is 4.42 Å². The zero-order valence-electron chi connectivity index (χ0n) is 31.1. The summed E-state index contributed by atoms with van der Waals surface area (Å²) in [6.07, 6.45) is -0.420. The summed E-state index contributed by atoms with van der Waals surface area (Å²) in [5.41, 5.74) is 10.0. The van der Waals surface area contributed by atoms with Crippen LogP contribution in [0.4, 0.5) is 0 Å². The maximum Gasteiger partial charge on any atom is 0.169 e. The Morgan fingerprint density at radius 1 is 0.448 bits per heavy atom. The molecule has 1 aliphatic rings. The Hall–Kier alpha value is -7.41. The van der Waals surface area contributed by atoms with E-state index in [0.29, 0.717) is 0 Å². The molecule has 8 aromatic carbocycles. The molecule has 6 heteroatoms. The van der Waals surface area contributed by atoms with Crippen molar-refractivity contribution in [2.45, 2.75) is 6.17 Å². The number of rotatable bonds is 5. The molecule has 1 unspecified atom stereocenters. The number of pyridine rings is 1. The molecule has 1 N–H and O–H groups in total. The summed E-state index contributed by atoms with van der Waals surface area (Å²) < 4.78 is 9.14. The van der Waals surface area contributed by atoms with Gasteiger partial charge < -0.3 is 9.73 Å². The molecule has 0 spiro atoms. The predicted octanol–water partition coefficient (Wildman–Crippen LogP) is 13.5. The lowest BCUT2D eigenvalue weighted by molar-refractivity contribution is 0.669. The minimum absolute atomic E-state index is 0.420. The number of hydrogen-bond donors (Lipinski definition) is 1. The van der Waals surface area contributed by atoms with Gasteiger partial charge in [0.2, 0.25) is 0 Å². The van der Waals surface area contributed by atoms with E-state index in [4.69, 9.17) is 19.4 Å². The fourth-order valence-electron chi connectivity index (χ4n) is 8.60. The van der Waals surface area contributed by atoms with Crippen LogP contribution >= 0.6 is 11.3 Å². The normalized spacial score (nSPS) is 14.4. The van der Waals surface area contributed by atoms with Crippen LogP contribution in [-0.2, 0) is 0 Å². The largest absolute Gasteiger partial charge is 0.456 e. The lowest BCUT2D eigenvalue weighted by Crippen LogP contribution is -2.36. The first-order chi connectivity index (χ1) is 28.7. The summed E-state index contributed by atoms with van der Waals surface area (Å²) in [5, 5.41) is 11.7. The van der Waals surface area contributed by atoms with Crippen molar-refractivity contribution in [3.8, 4) is 22.4 Å². The molecule has 0 radical (unpaired) electrons. The summed E-state index contributed by atoms with van der Waals surface area (Å²) in [7, 11) is 0. The van der Waals surface area contributed by atoms with Crippen molar-refractivity contribution in [2.75, 3.05) is 0 Å². The fraction of sp³-hybridized carbons (Fsp3) is 0.0192. The number of nitrogens with one attached hydrogen (secondary N) is 1. The van der Waals surface area contributed by atoms with Gasteiger partial charge in [0.05, 0.1) is 11.2 Å². The molecule has 5 nitrogen and oxygen atoms in total. The molecule has 3 aromatic heterocycles. The second-order valence-corrected chi connectivity index (χ2v) is 15.8. The molecule has 0 saturated heterocycles. The van der Waals surface area contributed by atoms with E-state index in [2.05, 4.69) is 163 Å². The van der Waals surface area contributed by atoms with Crippen LogP contribution in [0.25, 0.3) is 86.2 Å². The van der Waals surface area contributed by atoms with Gasteiger partial charge in [-0.25, -0.2) is 15.0 Å². The number of benzene rings is 8. The molecule has 0 fully saturated rings. The van der Waals surface area contributed by atoms with Gasteiger partial charge in [-0.05, 0) is 59.2 Å². The number of aromatic nitrogens is 1. The zero-order chi connectivity index (χ0) is 38.2. The maximum absolute atomic E-state index is 6.63. The quantitative estimate of drug-likeness (QED) is 0.178. The summed E-state index contributed by atoms with van der Waals surface area (Å²) in [5.74, 6) is 1.62. The van der Waals surface area contributed by atoms with Crippen molar-refractivity contribution >= 4 is 86.8 Å². The van der Waals surface area contributed by atoms with E-state index in [1.165, 1.54) is 25.6 Å². The third kappa shape index (κ3) is 5.26. The maximum atomic E-state index is 6.63. The van der Waals surface area contributed by atoms with Crippen LogP contribution in [0.5, 0.6) is 0 Å². The van der Waals surface area contributed by atoms with Gasteiger partial charge in [-0.15, -0.1) is 11.3 Å². The van der Waals surface area contributed by atoms with Crippen molar-refractivity contribution in [3.63, 3.8) is 0 Å². The first-order valence-electron chi connectivity index (χ1n) is 19.5. The Kier molecular flexibility index (Phi) is 7.40. The van der Waals surface area contributed by atoms with Gasteiger partial charge in [-0.1, -0.05) is 140 Å². The molecule has 58 heavy (non-hydrogen) atoms. The molecule has 0 amide bonds. The highest BCUT2D eigenvalue weighted by atomic mass is 32.1. The van der Waals surface area contributed by atoms with Crippen LogP contribution in [0, 0.1) is 0 Å². The number of fused-ring (bicyclic) bond motifs is 10. The molecule has 0 bridgehead atoms. The molecular formula is C52H32N4OS. The van der Waals surface area contributed by atoms with Gasteiger partial charge >= 0.3 is 0 Å². The Balaban J connectivity index is 0.951. The third-order valence-electron chi connectivity index (χ3n) is 11.3. The van der Waals surface area contributed by atoms with E-state index in [0.717, 1.165) is 89.0 Å². The molecule has 1 atom stereocenters. The average molecular weight is 761 g/mol. The average Bonchev–Trinajstić information content (AvgIpc) is 3.87. The van der Waals surface area contributed by atoms with Crippen LogP contribution in [0.3, 0.4) is 0 Å². The number of hydrogen-bond acceptors (Lipinski definition) is 6. The molecule has 11 aromatic rings. The molecular weight excluding hydrogens is 729 g/mol. The highest BCUT2D eigenvalue weighted by Crippen LogP contribution is 2.42. The number of nitrogens with zero attached hydrogens (tertiary/aromatic N) is 3. The van der Waals surface area contributed by atoms with E-state index < -0.39 is 6.17 Å². The van der Waals surface area contributed by atoms with E-state index in [1.807, 2.05) is 35.6 Å². The Labute approximate surface area is 337 Å². The molecule has 4 heterocycles. The first kappa shape index (κ1) is 32.8. The standard InChI is InChI=1S/C52H32N4OS/c1-3-12-32(13-4-1)49-39-28-29-42-48(47(39)36-16-7-9-19-41(36)53-49)37-27-26-35(30-43(37)57-42)31-22-24-34(25-23-31)51-54-50(33-14-5-2-6-15-33)55-52(56-51)40-18-11-21-45-46(40)38-17-8-10-20-44(38)58-45/h1-30,51H,(H,54,55,56). The van der Waals surface area contributed by atoms with Crippen LogP contribution in [-0.4, -0.2) is 16.7 Å². The topological polar surface area (TPSA) is 62.8 Å². The molecule has 272 valence electrons. The van der Waals surface area contributed by atoms with E-state index in [9.17, 15) is 0 Å². The number of para-hydroxylation sites is 1. The predicted molar refractivity (Wildman–Crippen MR) is 242 cm³/mol. The third-order valence-corrected chi connectivity index (χ3v) is 12.5. The van der Waals surface area contributed by atoms with Crippen molar-refractivity contribution in [1.29, 1.82) is 0 Å². The van der Waals surface area contributed by atoms with E-state index >= 15 is 0 Å². The Morgan fingerprint density at radius 2 is 1.14 bits per heavy atom. The van der Waals surface area contributed by atoms with Crippen LogP contribution < -0.4 is 5.32 Å². The van der Waals surface area contributed by atoms with E-state index in [1.54, 1.807) is 0 Å². The van der Waals surface area contributed by atoms with Gasteiger partial charge in [0.25, 0.3) is 0 Å². The monoisotopic (exact) mass is 760 g/mol. The minimum atomic E-state index is -0.420. The number of furan rings is 1. The van der Waals surface area contributed by atoms with E-state index in [-0.39, 0.29) is 0 Å². The lowest BCUT2D eigenvalue weighted by Gasteiger charge is -2.23. The van der Waals surface area contributed by atoms with Crippen LogP contribution in [0.1, 0.15) is 22.9 Å². The fourth-order valence-corrected chi connectivity index (χ4v) is 9.73. The van der Waals surface area contributed by atoms with Crippen molar-refractivity contribution in [1.82, 2.24) is 10.3 Å². The second kappa shape index (κ2) is 13.1. The van der Waals surface area contributed by atoms with Gasteiger partial charge in [-0.2, -0.15) is 0 Å². The number of thiophene rings is 1. The van der Waals surface area contributed by atoms with Crippen LogP contribution in [0.15, 0.2) is 196 Å². The molecule has 0 saturated carbocycles. The first-order valence-corrected chi connectivity index (χ1v) is 20.3. The summed E-state index contributed by atoms with van der Waals surface area (Å²) in [6.45, 7) is 0. The number of amidine groups is 2. The number of aliphatic imine (C=N–C) groups is 2. The van der Waals surface area contributed by atoms with Gasteiger partial charge in [0, 0.05) is 63.8 Å². The lowest BCUT2D eigenvalue weighted by atomic mass is 9.95. The minimum Gasteiger partial charge on any atom is -0.456 e.